The van der Waals surface area contributed by atoms with Crippen LogP contribution in [0.1, 0.15) is 5.56 Å². The molecule has 1 amide bonds. The van der Waals surface area contributed by atoms with E-state index < -0.39 is 5.91 Å². The zero-order chi connectivity index (χ0) is 14.5. The predicted octanol–water partition coefficient (Wildman–Crippen LogP) is 4.04. The number of hydrogen-bond acceptors (Lipinski definition) is 3. The van der Waals surface area contributed by atoms with E-state index in [9.17, 15) is 4.79 Å². The van der Waals surface area contributed by atoms with Crippen molar-refractivity contribution in [3.8, 4) is 0 Å². The summed E-state index contributed by atoms with van der Waals surface area (Å²) in [7, 11) is 0. The third-order valence-corrected chi connectivity index (χ3v) is 4.10. The van der Waals surface area contributed by atoms with Crippen LogP contribution in [0, 0.1) is 0 Å². The Kier molecular flexibility index (Phi) is 5.06. The molecule has 2 aromatic rings. The van der Waals surface area contributed by atoms with Crippen LogP contribution in [0.25, 0.3) is 6.08 Å². The Morgan fingerprint density at radius 3 is 2.80 bits per heavy atom. The first-order valence-corrected chi connectivity index (χ1v) is 7.19. The molecule has 102 valence electrons. The Bertz CT molecular complexity index is 674. The Morgan fingerprint density at radius 1 is 1.30 bits per heavy atom. The molecule has 1 heterocycles. The predicted molar refractivity (Wildman–Crippen MR) is 83.1 cm³/mol. The van der Waals surface area contributed by atoms with Crippen molar-refractivity contribution in [1.82, 2.24) is 4.98 Å². The monoisotopic (exact) mass is 324 g/mol. The highest BCUT2D eigenvalue weighted by Crippen LogP contribution is 2.35. The van der Waals surface area contributed by atoms with E-state index in [1.165, 1.54) is 17.8 Å². The Labute approximate surface area is 130 Å². The fourth-order valence-electron chi connectivity index (χ4n) is 1.45. The molecule has 0 bridgehead atoms. The molecule has 0 unspecified atom stereocenters. The average Bonchev–Trinajstić information content (AvgIpc) is 2.41. The second kappa shape index (κ2) is 6.79. The lowest BCUT2D eigenvalue weighted by Crippen LogP contribution is -2.05. The van der Waals surface area contributed by atoms with Gasteiger partial charge in [0.25, 0.3) is 0 Å². The molecule has 0 atom stereocenters. The second-order valence-electron chi connectivity index (χ2n) is 3.81. The Hall–Kier alpha value is -1.49. The third kappa shape index (κ3) is 4.00. The van der Waals surface area contributed by atoms with Gasteiger partial charge in [-0.05, 0) is 30.3 Å². The molecule has 1 aromatic carbocycles. The van der Waals surface area contributed by atoms with E-state index in [1.807, 2.05) is 12.1 Å². The standard InChI is InChI=1S/C14H10Cl2N2OS/c15-10-4-5-12(11(16)8-10)20-14-9(2-1-7-18-14)3-6-13(17)19/h1-8H,(H2,17,19)/b6-3+. The van der Waals surface area contributed by atoms with E-state index in [0.717, 1.165) is 15.5 Å². The van der Waals surface area contributed by atoms with Gasteiger partial charge < -0.3 is 5.73 Å². The number of nitrogens with two attached hydrogens (primary N) is 1. The third-order valence-electron chi connectivity index (χ3n) is 2.33. The molecule has 0 spiro atoms. The topological polar surface area (TPSA) is 56.0 Å². The summed E-state index contributed by atoms with van der Waals surface area (Å²) in [6.07, 6.45) is 4.60. The highest BCUT2D eigenvalue weighted by atomic mass is 35.5. The van der Waals surface area contributed by atoms with Crippen molar-refractivity contribution in [3.05, 3.63) is 58.2 Å². The van der Waals surface area contributed by atoms with Gasteiger partial charge >= 0.3 is 0 Å². The molecule has 0 aliphatic heterocycles. The van der Waals surface area contributed by atoms with Crippen LogP contribution < -0.4 is 5.73 Å². The maximum Gasteiger partial charge on any atom is 0.241 e. The molecule has 0 fully saturated rings. The van der Waals surface area contributed by atoms with E-state index in [1.54, 1.807) is 30.5 Å². The number of hydrogen-bond donors (Lipinski definition) is 1. The molecule has 2 N–H and O–H groups in total. The number of nitrogens with zero attached hydrogens (tertiary/aromatic N) is 1. The molecule has 2 rings (SSSR count). The van der Waals surface area contributed by atoms with Crippen LogP contribution in [-0.2, 0) is 4.79 Å². The normalized spacial score (nSPS) is 10.9. The molecule has 0 aliphatic carbocycles. The summed E-state index contributed by atoms with van der Waals surface area (Å²) in [6.45, 7) is 0. The zero-order valence-electron chi connectivity index (χ0n) is 10.2. The van der Waals surface area contributed by atoms with Gasteiger partial charge in [-0.2, -0.15) is 0 Å². The first-order chi connectivity index (χ1) is 9.56. The average molecular weight is 325 g/mol. The van der Waals surface area contributed by atoms with Crippen LogP contribution >= 0.6 is 35.0 Å². The number of halogens is 2. The van der Waals surface area contributed by atoms with Crippen molar-refractivity contribution in [2.45, 2.75) is 9.92 Å². The number of benzene rings is 1. The smallest absolute Gasteiger partial charge is 0.241 e. The first-order valence-electron chi connectivity index (χ1n) is 5.61. The Balaban J connectivity index is 2.31. The molecule has 0 saturated heterocycles. The second-order valence-corrected chi connectivity index (χ2v) is 5.68. The molecular formula is C14H10Cl2N2OS. The fourth-order valence-corrected chi connectivity index (χ4v) is 2.84. The summed E-state index contributed by atoms with van der Waals surface area (Å²) in [5, 5.41) is 1.86. The zero-order valence-corrected chi connectivity index (χ0v) is 12.5. The molecule has 0 radical (unpaired) electrons. The minimum atomic E-state index is -0.505. The largest absolute Gasteiger partial charge is 0.366 e. The maximum atomic E-state index is 10.8. The quantitative estimate of drug-likeness (QED) is 0.863. The molecule has 1 aromatic heterocycles. The van der Waals surface area contributed by atoms with Gasteiger partial charge in [0.05, 0.1) is 5.02 Å². The van der Waals surface area contributed by atoms with Crippen LogP contribution in [0.5, 0.6) is 0 Å². The van der Waals surface area contributed by atoms with E-state index in [2.05, 4.69) is 4.98 Å². The summed E-state index contributed by atoms with van der Waals surface area (Å²) in [6, 6.07) is 8.89. The van der Waals surface area contributed by atoms with E-state index in [4.69, 9.17) is 28.9 Å². The van der Waals surface area contributed by atoms with Crippen molar-refractivity contribution in [2.75, 3.05) is 0 Å². The fraction of sp³-hybridized carbons (Fsp3) is 0. The van der Waals surface area contributed by atoms with Gasteiger partial charge in [0.2, 0.25) is 5.91 Å². The lowest BCUT2D eigenvalue weighted by molar-refractivity contribution is -0.113. The lowest BCUT2D eigenvalue weighted by atomic mass is 10.2. The number of primary amides is 1. The van der Waals surface area contributed by atoms with Crippen LogP contribution in [0.2, 0.25) is 10.0 Å². The Morgan fingerprint density at radius 2 is 2.10 bits per heavy atom. The molecule has 6 heteroatoms. The summed E-state index contributed by atoms with van der Waals surface area (Å²) in [4.78, 5) is 15.9. The van der Waals surface area contributed by atoms with Crippen molar-refractivity contribution >= 4 is 46.9 Å². The van der Waals surface area contributed by atoms with Crippen LogP contribution in [0.15, 0.2) is 52.5 Å². The molecular weight excluding hydrogens is 315 g/mol. The minimum absolute atomic E-state index is 0.505. The summed E-state index contributed by atoms with van der Waals surface area (Å²) in [5.41, 5.74) is 5.89. The number of rotatable bonds is 4. The summed E-state index contributed by atoms with van der Waals surface area (Å²) in [5.74, 6) is -0.505. The van der Waals surface area contributed by atoms with Gasteiger partial charge in [0.15, 0.2) is 0 Å². The van der Waals surface area contributed by atoms with Crippen molar-refractivity contribution in [2.24, 2.45) is 5.73 Å². The molecule has 3 nitrogen and oxygen atoms in total. The lowest BCUT2D eigenvalue weighted by Gasteiger charge is -2.06. The van der Waals surface area contributed by atoms with E-state index in [0.29, 0.717) is 10.0 Å². The van der Waals surface area contributed by atoms with Crippen LogP contribution in [0.3, 0.4) is 0 Å². The first kappa shape index (κ1) is 14.9. The van der Waals surface area contributed by atoms with Crippen molar-refractivity contribution < 1.29 is 4.79 Å². The van der Waals surface area contributed by atoms with Gasteiger partial charge in [-0.1, -0.05) is 41.0 Å². The number of carbonyl (C=O) groups is 1. The van der Waals surface area contributed by atoms with Crippen LogP contribution in [0.4, 0.5) is 0 Å². The van der Waals surface area contributed by atoms with Gasteiger partial charge in [0, 0.05) is 27.8 Å². The number of aromatic nitrogens is 1. The molecule has 0 aliphatic rings. The maximum absolute atomic E-state index is 10.8. The van der Waals surface area contributed by atoms with Crippen LogP contribution in [-0.4, -0.2) is 10.9 Å². The summed E-state index contributed by atoms with van der Waals surface area (Å²) < 4.78 is 0. The highest BCUT2D eigenvalue weighted by molar-refractivity contribution is 7.99. The number of amides is 1. The molecule has 20 heavy (non-hydrogen) atoms. The highest BCUT2D eigenvalue weighted by Gasteiger charge is 2.07. The van der Waals surface area contributed by atoms with E-state index >= 15 is 0 Å². The van der Waals surface area contributed by atoms with Gasteiger partial charge in [-0.15, -0.1) is 0 Å². The van der Waals surface area contributed by atoms with E-state index in [-0.39, 0.29) is 0 Å². The number of pyridine rings is 1. The summed E-state index contributed by atoms with van der Waals surface area (Å²) >= 11 is 13.4. The number of carbonyl (C=O) groups excluding carboxylic acids is 1. The molecule has 0 saturated carbocycles. The van der Waals surface area contributed by atoms with Gasteiger partial charge in [-0.3, -0.25) is 4.79 Å². The van der Waals surface area contributed by atoms with Gasteiger partial charge in [-0.25, -0.2) is 4.98 Å². The SMILES string of the molecule is NC(=O)/C=C/c1cccnc1Sc1ccc(Cl)cc1Cl. The van der Waals surface area contributed by atoms with Gasteiger partial charge in [0.1, 0.15) is 5.03 Å². The van der Waals surface area contributed by atoms with Crippen molar-refractivity contribution in [3.63, 3.8) is 0 Å². The minimum Gasteiger partial charge on any atom is -0.366 e. The van der Waals surface area contributed by atoms with Crippen molar-refractivity contribution in [1.29, 1.82) is 0 Å².